The van der Waals surface area contributed by atoms with Crippen LogP contribution in [0.5, 0.6) is 0 Å². The molecule has 0 fully saturated rings. The highest BCUT2D eigenvalue weighted by Gasteiger charge is 2.07. The van der Waals surface area contributed by atoms with Crippen LogP contribution in [0.25, 0.3) is 10.9 Å². The van der Waals surface area contributed by atoms with Crippen molar-refractivity contribution in [3.05, 3.63) is 66.0 Å². The molecule has 2 heterocycles. The fourth-order valence-electron chi connectivity index (χ4n) is 2.20. The van der Waals surface area contributed by atoms with Gasteiger partial charge in [0.15, 0.2) is 0 Å². The molecule has 2 N–H and O–H groups in total. The van der Waals surface area contributed by atoms with Crippen molar-refractivity contribution in [3.8, 4) is 0 Å². The second-order valence-corrected chi connectivity index (χ2v) is 4.59. The molecule has 19 heavy (non-hydrogen) atoms. The Labute approximate surface area is 112 Å². The average Bonchev–Trinajstić information content (AvgIpc) is 2.46. The van der Waals surface area contributed by atoms with Crippen LogP contribution >= 0.6 is 0 Å². The Morgan fingerprint density at radius 3 is 2.79 bits per heavy atom. The number of pyridine rings is 2. The average molecular weight is 250 g/mol. The van der Waals surface area contributed by atoms with Gasteiger partial charge in [-0.15, -0.1) is 0 Å². The van der Waals surface area contributed by atoms with Crippen LogP contribution in [-0.4, -0.2) is 4.98 Å². The van der Waals surface area contributed by atoms with Gasteiger partial charge in [0.25, 0.3) is 5.82 Å². The molecule has 0 bridgehead atoms. The van der Waals surface area contributed by atoms with Gasteiger partial charge in [-0.05, 0) is 30.7 Å². The number of hydrogen-bond acceptors (Lipinski definition) is 2. The quantitative estimate of drug-likeness (QED) is 0.776. The van der Waals surface area contributed by atoms with Gasteiger partial charge < -0.3 is 0 Å². The largest absolute Gasteiger partial charge is 0.273 e. The predicted octanol–water partition coefficient (Wildman–Crippen LogP) is 2.97. The van der Waals surface area contributed by atoms with Crippen molar-refractivity contribution in [2.45, 2.75) is 13.5 Å². The molecule has 94 valence electrons. The van der Waals surface area contributed by atoms with E-state index in [-0.39, 0.29) is 0 Å². The first kappa shape index (κ1) is 11.7. The van der Waals surface area contributed by atoms with Crippen LogP contribution in [0.1, 0.15) is 11.3 Å². The molecule has 0 unspecified atom stereocenters. The molecule has 0 atom stereocenters. The van der Waals surface area contributed by atoms with Crippen LogP contribution < -0.4 is 10.3 Å². The van der Waals surface area contributed by atoms with E-state index in [1.54, 1.807) is 0 Å². The first-order chi connectivity index (χ1) is 9.33. The summed E-state index contributed by atoms with van der Waals surface area (Å²) in [5.41, 5.74) is 3.44. The van der Waals surface area contributed by atoms with Gasteiger partial charge in [0.1, 0.15) is 12.1 Å². The number of anilines is 1. The Bertz CT molecular complexity index is 693. The van der Waals surface area contributed by atoms with Crippen molar-refractivity contribution in [2.24, 2.45) is 0 Å². The Morgan fingerprint density at radius 1 is 1.11 bits per heavy atom. The van der Waals surface area contributed by atoms with Crippen molar-refractivity contribution >= 4 is 16.7 Å². The number of para-hydroxylation sites is 1. The van der Waals surface area contributed by atoms with Crippen LogP contribution in [0.3, 0.4) is 0 Å². The molecule has 0 saturated heterocycles. The zero-order valence-electron chi connectivity index (χ0n) is 10.9. The van der Waals surface area contributed by atoms with E-state index in [1.807, 2.05) is 30.5 Å². The Kier molecular flexibility index (Phi) is 3.11. The molecule has 0 amide bonds. The maximum atomic E-state index is 4.30. The lowest BCUT2D eigenvalue weighted by atomic mass is 10.1. The normalized spacial score (nSPS) is 10.6. The van der Waals surface area contributed by atoms with Gasteiger partial charge in [-0.25, -0.2) is 4.98 Å². The number of H-pyrrole nitrogens is 1. The molecule has 3 rings (SSSR count). The van der Waals surface area contributed by atoms with Crippen molar-refractivity contribution in [2.75, 3.05) is 5.32 Å². The van der Waals surface area contributed by atoms with E-state index < -0.39 is 0 Å². The monoisotopic (exact) mass is 250 g/mol. The summed E-state index contributed by atoms with van der Waals surface area (Å²) in [6, 6.07) is 16.4. The zero-order chi connectivity index (χ0) is 13.1. The molecular weight excluding hydrogens is 234 g/mol. The van der Waals surface area contributed by atoms with Crippen LogP contribution in [-0.2, 0) is 6.54 Å². The number of nitrogens with one attached hydrogen (secondary N) is 2. The van der Waals surface area contributed by atoms with Gasteiger partial charge in [-0.2, -0.15) is 0 Å². The van der Waals surface area contributed by atoms with E-state index >= 15 is 0 Å². The predicted molar refractivity (Wildman–Crippen MR) is 76.8 cm³/mol. The number of benzene rings is 1. The Hall–Kier alpha value is -2.42. The van der Waals surface area contributed by atoms with Gasteiger partial charge >= 0.3 is 0 Å². The van der Waals surface area contributed by atoms with Crippen molar-refractivity contribution in [1.82, 2.24) is 4.98 Å². The molecule has 0 radical (unpaired) electrons. The summed E-state index contributed by atoms with van der Waals surface area (Å²) in [5, 5.41) is 4.63. The number of aryl methyl sites for hydroxylation is 1. The van der Waals surface area contributed by atoms with Crippen LogP contribution in [0, 0.1) is 6.92 Å². The SMILES string of the molecule is Cc1cc(NCc2ccccn2)[nH+]c2ccccc12. The van der Waals surface area contributed by atoms with Gasteiger partial charge in [-0.3, -0.25) is 10.3 Å². The summed E-state index contributed by atoms with van der Waals surface area (Å²) >= 11 is 0. The maximum absolute atomic E-state index is 4.30. The van der Waals surface area contributed by atoms with Gasteiger partial charge in [0.2, 0.25) is 0 Å². The third-order valence-electron chi connectivity index (χ3n) is 3.17. The summed E-state index contributed by atoms with van der Waals surface area (Å²) in [7, 11) is 0. The highest BCUT2D eigenvalue weighted by atomic mass is 15.0. The molecule has 0 aliphatic heterocycles. The fourth-order valence-corrected chi connectivity index (χ4v) is 2.20. The van der Waals surface area contributed by atoms with Gasteiger partial charge in [-0.1, -0.05) is 24.3 Å². The number of nitrogens with zero attached hydrogens (tertiary/aromatic N) is 1. The standard InChI is InChI=1S/C16H15N3/c1-12-10-16(18-11-13-6-4-5-9-17-13)19-15-8-3-2-7-14(12)15/h2-10H,11H2,1H3,(H,18,19)/p+1. The van der Waals surface area contributed by atoms with E-state index in [1.165, 1.54) is 10.9 Å². The van der Waals surface area contributed by atoms with Crippen molar-refractivity contribution in [3.63, 3.8) is 0 Å². The van der Waals surface area contributed by atoms with Crippen molar-refractivity contribution in [1.29, 1.82) is 0 Å². The topological polar surface area (TPSA) is 39.1 Å². The molecule has 0 saturated carbocycles. The van der Waals surface area contributed by atoms with E-state index in [4.69, 9.17) is 0 Å². The van der Waals surface area contributed by atoms with Crippen molar-refractivity contribution < 1.29 is 4.98 Å². The number of fused-ring (bicyclic) bond motifs is 1. The molecule has 1 aromatic carbocycles. The summed E-state index contributed by atoms with van der Waals surface area (Å²) in [5.74, 6) is 1.02. The molecule has 3 heteroatoms. The number of aromatic nitrogens is 2. The summed E-state index contributed by atoms with van der Waals surface area (Å²) < 4.78 is 0. The second-order valence-electron chi connectivity index (χ2n) is 4.59. The third-order valence-corrected chi connectivity index (χ3v) is 3.17. The van der Waals surface area contributed by atoms with E-state index in [2.05, 4.69) is 46.5 Å². The minimum absolute atomic E-state index is 0.717. The van der Waals surface area contributed by atoms with E-state index in [0.717, 1.165) is 23.6 Å². The minimum atomic E-state index is 0.717. The minimum Gasteiger partial charge on any atom is -0.269 e. The second kappa shape index (κ2) is 5.06. The molecule has 0 aliphatic rings. The lowest BCUT2D eigenvalue weighted by Gasteiger charge is -2.03. The highest BCUT2D eigenvalue weighted by Crippen LogP contribution is 2.16. The smallest absolute Gasteiger partial charge is 0.269 e. The van der Waals surface area contributed by atoms with Gasteiger partial charge in [0, 0.05) is 17.6 Å². The summed E-state index contributed by atoms with van der Waals surface area (Å²) in [4.78, 5) is 7.70. The Balaban J connectivity index is 1.85. The lowest BCUT2D eigenvalue weighted by Crippen LogP contribution is -2.14. The van der Waals surface area contributed by atoms with E-state index in [9.17, 15) is 0 Å². The van der Waals surface area contributed by atoms with Crippen LogP contribution in [0.4, 0.5) is 5.82 Å². The van der Waals surface area contributed by atoms with E-state index in [0.29, 0.717) is 0 Å². The number of hydrogen-bond donors (Lipinski definition) is 1. The lowest BCUT2D eigenvalue weighted by molar-refractivity contribution is -0.327. The molecule has 3 aromatic rings. The molecule has 3 nitrogen and oxygen atoms in total. The molecule has 0 aliphatic carbocycles. The maximum Gasteiger partial charge on any atom is 0.273 e. The first-order valence-electron chi connectivity index (χ1n) is 6.38. The number of aromatic amines is 1. The number of rotatable bonds is 3. The molecule has 2 aromatic heterocycles. The summed E-state index contributed by atoms with van der Waals surface area (Å²) in [6.07, 6.45) is 1.81. The highest BCUT2D eigenvalue weighted by molar-refractivity contribution is 5.79. The van der Waals surface area contributed by atoms with Crippen LogP contribution in [0.2, 0.25) is 0 Å². The van der Waals surface area contributed by atoms with Crippen LogP contribution in [0.15, 0.2) is 54.7 Å². The first-order valence-corrected chi connectivity index (χ1v) is 6.38. The Morgan fingerprint density at radius 2 is 1.95 bits per heavy atom. The zero-order valence-corrected chi connectivity index (χ0v) is 10.9. The summed E-state index contributed by atoms with van der Waals surface area (Å²) in [6.45, 7) is 2.84. The fraction of sp³-hybridized carbons (Fsp3) is 0.125. The molecular formula is C16H16N3+. The molecule has 0 spiro atoms. The van der Waals surface area contributed by atoms with Gasteiger partial charge in [0.05, 0.1) is 5.69 Å². The third kappa shape index (κ3) is 2.55.